The highest BCUT2D eigenvalue weighted by molar-refractivity contribution is 6.31. The highest BCUT2D eigenvalue weighted by atomic mass is 35.5. The number of anilines is 1. The molecule has 0 aliphatic carbocycles. The van der Waals surface area contributed by atoms with Crippen LogP contribution >= 0.6 is 11.6 Å². The van der Waals surface area contributed by atoms with Crippen LogP contribution in [0.2, 0.25) is 5.02 Å². The van der Waals surface area contributed by atoms with Crippen molar-refractivity contribution in [2.45, 2.75) is 13.5 Å². The molecule has 0 saturated carbocycles. The molecule has 0 atom stereocenters. The van der Waals surface area contributed by atoms with E-state index in [1.54, 1.807) is 6.20 Å². The zero-order valence-corrected chi connectivity index (χ0v) is 9.83. The first-order valence-corrected chi connectivity index (χ1v) is 5.53. The zero-order chi connectivity index (χ0) is 11.4. The molecule has 82 valence electrons. The van der Waals surface area contributed by atoms with Crippen molar-refractivity contribution in [3.8, 4) is 0 Å². The summed E-state index contributed by atoms with van der Waals surface area (Å²) < 4.78 is 0. The lowest BCUT2D eigenvalue weighted by molar-refractivity contribution is 1.11. The predicted octanol–water partition coefficient (Wildman–Crippen LogP) is 3.66. The van der Waals surface area contributed by atoms with Crippen LogP contribution in [0.4, 0.5) is 5.82 Å². The van der Waals surface area contributed by atoms with Gasteiger partial charge in [-0.2, -0.15) is 0 Å². The normalized spacial score (nSPS) is 10.1. The highest BCUT2D eigenvalue weighted by Crippen LogP contribution is 2.16. The second-order valence-electron chi connectivity index (χ2n) is 3.65. The van der Waals surface area contributed by atoms with E-state index in [9.17, 15) is 0 Å². The molecule has 0 aliphatic rings. The van der Waals surface area contributed by atoms with Gasteiger partial charge in [-0.15, -0.1) is 0 Å². The van der Waals surface area contributed by atoms with Crippen molar-refractivity contribution in [2.75, 3.05) is 5.32 Å². The summed E-state index contributed by atoms with van der Waals surface area (Å²) in [6.45, 7) is 2.77. The van der Waals surface area contributed by atoms with Gasteiger partial charge in [-0.1, -0.05) is 29.8 Å². The molecule has 2 rings (SSSR count). The van der Waals surface area contributed by atoms with Crippen LogP contribution in [0.1, 0.15) is 11.1 Å². The molecule has 0 fully saturated rings. The number of pyridine rings is 1. The van der Waals surface area contributed by atoms with Gasteiger partial charge in [0.25, 0.3) is 0 Å². The molecule has 16 heavy (non-hydrogen) atoms. The van der Waals surface area contributed by atoms with Crippen LogP contribution in [0, 0.1) is 6.92 Å². The van der Waals surface area contributed by atoms with Crippen LogP contribution in [0.25, 0.3) is 0 Å². The molecular formula is C13H13ClN2. The molecule has 2 aromatic rings. The van der Waals surface area contributed by atoms with Crippen molar-refractivity contribution < 1.29 is 0 Å². The maximum absolute atomic E-state index is 5.97. The number of benzene rings is 1. The molecule has 1 heterocycles. The molecule has 0 amide bonds. The summed E-state index contributed by atoms with van der Waals surface area (Å²) in [5.74, 6) is 0.884. The van der Waals surface area contributed by atoms with E-state index in [0.29, 0.717) is 0 Å². The van der Waals surface area contributed by atoms with E-state index in [1.807, 2.05) is 37.3 Å². The van der Waals surface area contributed by atoms with E-state index < -0.39 is 0 Å². The third kappa shape index (κ3) is 2.74. The van der Waals surface area contributed by atoms with E-state index in [2.05, 4.69) is 16.4 Å². The standard InChI is InChI=1S/C13H13ClN2/c1-10-8-11(5-6-12(10)14)9-16-13-4-2-3-7-15-13/h2-8H,9H2,1H3,(H,15,16). The summed E-state index contributed by atoms with van der Waals surface area (Å²) in [7, 11) is 0. The number of halogens is 1. The lowest BCUT2D eigenvalue weighted by atomic mass is 10.1. The second kappa shape index (κ2) is 4.99. The maximum Gasteiger partial charge on any atom is 0.126 e. The average molecular weight is 233 g/mol. The van der Waals surface area contributed by atoms with Gasteiger partial charge in [0.2, 0.25) is 0 Å². The number of aromatic nitrogens is 1. The molecule has 0 radical (unpaired) electrons. The van der Waals surface area contributed by atoms with E-state index in [1.165, 1.54) is 5.56 Å². The Morgan fingerprint density at radius 1 is 1.25 bits per heavy atom. The maximum atomic E-state index is 5.97. The Bertz CT molecular complexity index is 469. The molecule has 0 unspecified atom stereocenters. The molecule has 1 N–H and O–H groups in total. The zero-order valence-electron chi connectivity index (χ0n) is 9.07. The number of nitrogens with zero attached hydrogens (tertiary/aromatic N) is 1. The fraction of sp³-hybridized carbons (Fsp3) is 0.154. The molecule has 0 saturated heterocycles. The molecule has 1 aromatic carbocycles. The van der Waals surface area contributed by atoms with Crippen molar-refractivity contribution in [3.63, 3.8) is 0 Å². The molecular weight excluding hydrogens is 220 g/mol. The Labute approximate surface area is 100 Å². The van der Waals surface area contributed by atoms with Crippen molar-refractivity contribution in [3.05, 3.63) is 58.7 Å². The first kappa shape index (κ1) is 11.0. The molecule has 0 spiro atoms. The lowest BCUT2D eigenvalue weighted by Gasteiger charge is -2.06. The summed E-state index contributed by atoms with van der Waals surface area (Å²) in [6, 6.07) is 11.8. The fourth-order valence-electron chi connectivity index (χ4n) is 1.48. The number of rotatable bonds is 3. The van der Waals surface area contributed by atoms with Gasteiger partial charge in [-0.3, -0.25) is 0 Å². The van der Waals surface area contributed by atoms with E-state index in [-0.39, 0.29) is 0 Å². The Kier molecular flexibility index (Phi) is 3.42. The first-order chi connectivity index (χ1) is 7.75. The number of aryl methyl sites for hydroxylation is 1. The van der Waals surface area contributed by atoms with Gasteiger partial charge in [0.15, 0.2) is 0 Å². The third-order valence-corrected chi connectivity index (χ3v) is 2.78. The number of nitrogens with one attached hydrogen (secondary N) is 1. The molecule has 3 heteroatoms. The van der Waals surface area contributed by atoms with Crippen molar-refractivity contribution >= 4 is 17.4 Å². The number of hydrogen-bond acceptors (Lipinski definition) is 2. The van der Waals surface area contributed by atoms with Gasteiger partial charge < -0.3 is 5.32 Å². The van der Waals surface area contributed by atoms with Crippen LogP contribution in [0.5, 0.6) is 0 Å². The first-order valence-electron chi connectivity index (χ1n) is 5.15. The molecule has 0 aliphatic heterocycles. The third-order valence-electron chi connectivity index (χ3n) is 2.36. The Hall–Kier alpha value is -1.54. The second-order valence-corrected chi connectivity index (χ2v) is 4.06. The minimum atomic E-state index is 0.759. The summed E-state index contributed by atoms with van der Waals surface area (Å²) in [4.78, 5) is 4.20. The SMILES string of the molecule is Cc1cc(CNc2ccccn2)ccc1Cl. The van der Waals surface area contributed by atoms with Crippen molar-refractivity contribution in [1.82, 2.24) is 4.98 Å². The minimum absolute atomic E-state index is 0.759. The van der Waals surface area contributed by atoms with Gasteiger partial charge in [0.1, 0.15) is 5.82 Å². The Morgan fingerprint density at radius 3 is 2.81 bits per heavy atom. The largest absolute Gasteiger partial charge is 0.366 e. The van der Waals surface area contributed by atoms with Gasteiger partial charge in [0, 0.05) is 17.8 Å². The van der Waals surface area contributed by atoms with Crippen LogP contribution in [0.3, 0.4) is 0 Å². The van der Waals surface area contributed by atoms with Gasteiger partial charge >= 0.3 is 0 Å². The summed E-state index contributed by atoms with van der Waals surface area (Å²) in [6.07, 6.45) is 1.77. The van der Waals surface area contributed by atoms with Crippen LogP contribution in [0.15, 0.2) is 42.6 Å². The fourth-order valence-corrected chi connectivity index (χ4v) is 1.59. The van der Waals surface area contributed by atoms with Crippen LogP contribution in [-0.2, 0) is 6.54 Å². The topological polar surface area (TPSA) is 24.9 Å². The summed E-state index contributed by atoms with van der Waals surface area (Å²) in [5, 5.41) is 4.06. The predicted molar refractivity (Wildman–Crippen MR) is 67.8 cm³/mol. The minimum Gasteiger partial charge on any atom is -0.366 e. The lowest BCUT2D eigenvalue weighted by Crippen LogP contribution is -2.00. The summed E-state index contributed by atoms with van der Waals surface area (Å²) >= 11 is 5.97. The average Bonchev–Trinajstić information content (AvgIpc) is 2.32. The van der Waals surface area contributed by atoms with Crippen molar-refractivity contribution in [2.24, 2.45) is 0 Å². The smallest absolute Gasteiger partial charge is 0.126 e. The van der Waals surface area contributed by atoms with Crippen molar-refractivity contribution in [1.29, 1.82) is 0 Å². The highest BCUT2D eigenvalue weighted by Gasteiger charge is 1.98. The van der Waals surface area contributed by atoms with E-state index >= 15 is 0 Å². The molecule has 1 aromatic heterocycles. The van der Waals surface area contributed by atoms with E-state index in [4.69, 9.17) is 11.6 Å². The molecule has 0 bridgehead atoms. The Balaban J connectivity index is 2.03. The van der Waals surface area contributed by atoms with Gasteiger partial charge in [-0.25, -0.2) is 4.98 Å². The van der Waals surface area contributed by atoms with Gasteiger partial charge in [0.05, 0.1) is 0 Å². The van der Waals surface area contributed by atoms with Gasteiger partial charge in [-0.05, 0) is 36.2 Å². The van der Waals surface area contributed by atoms with E-state index in [0.717, 1.165) is 22.9 Å². The quantitative estimate of drug-likeness (QED) is 0.874. The van der Waals surface area contributed by atoms with Crippen LogP contribution in [-0.4, -0.2) is 4.98 Å². The monoisotopic (exact) mass is 232 g/mol. The number of hydrogen-bond donors (Lipinski definition) is 1. The Morgan fingerprint density at radius 2 is 2.12 bits per heavy atom. The summed E-state index contributed by atoms with van der Waals surface area (Å²) in [5.41, 5.74) is 2.30. The molecule has 2 nitrogen and oxygen atoms in total. The van der Waals surface area contributed by atoms with Crippen LogP contribution < -0.4 is 5.32 Å².